The van der Waals surface area contributed by atoms with Crippen molar-refractivity contribution < 1.29 is 9.21 Å². The number of hydrogen-bond acceptors (Lipinski definition) is 7. The molecule has 0 bridgehead atoms. The first-order valence-electron chi connectivity index (χ1n) is 8.43. The summed E-state index contributed by atoms with van der Waals surface area (Å²) in [5.74, 6) is 1.58. The topological polar surface area (TPSA) is 105 Å². The van der Waals surface area contributed by atoms with Crippen molar-refractivity contribution in [3.63, 3.8) is 0 Å². The summed E-state index contributed by atoms with van der Waals surface area (Å²) < 4.78 is 6.87. The van der Waals surface area contributed by atoms with Crippen LogP contribution in [0.25, 0.3) is 11.0 Å². The van der Waals surface area contributed by atoms with E-state index in [4.69, 9.17) is 4.42 Å². The lowest BCUT2D eigenvalue weighted by Gasteiger charge is -2.35. The minimum absolute atomic E-state index is 0.0961. The molecule has 26 heavy (non-hydrogen) atoms. The van der Waals surface area contributed by atoms with Gasteiger partial charge in [0.05, 0.1) is 18.1 Å². The van der Waals surface area contributed by atoms with Gasteiger partial charge in [0.1, 0.15) is 23.6 Å². The van der Waals surface area contributed by atoms with Gasteiger partial charge in [0, 0.05) is 33.2 Å². The van der Waals surface area contributed by atoms with Gasteiger partial charge in [-0.3, -0.25) is 4.68 Å². The maximum Gasteiger partial charge on any atom is 0.317 e. The highest BCUT2D eigenvalue weighted by molar-refractivity contribution is 5.86. The summed E-state index contributed by atoms with van der Waals surface area (Å²) in [5, 5.41) is 8.07. The molecule has 0 unspecified atom stereocenters. The maximum absolute atomic E-state index is 12.4. The third-order valence-corrected chi connectivity index (χ3v) is 4.63. The Kier molecular flexibility index (Phi) is 4.15. The Morgan fingerprint density at radius 3 is 2.77 bits per heavy atom. The van der Waals surface area contributed by atoms with Crippen molar-refractivity contribution in [1.82, 2.24) is 34.9 Å². The lowest BCUT2D eigenvalue weighted by molar-refractivity contribution is 0.193. The fraction of sp³-hybridized carbons (Fsp3) is 0.438. The molecule has 10 heteroatoms. The molecular formula is C16H20N8O2. The number of rotatable bonds is 3. The number of hydrogen-bond donors (Lipinski definition) is 1. The molecule has 0 radical (unpaired) electrons. The number of nitrogens with zero attached hydrogens (tertiary/aromatic N) is 7. The standard InChI is InChI=1S/C16H20N8O2/c1-11-13(20-10-26-11)8-17-16(25)24-5-3-23(4-6-24)15-12-7-21-22(2)14(12)18-9-19-15/h7,9-10H,3-6,8H2,1-2H3,(H,17,25). The molecule has 1 aliphatic heterocycles. The van der Waals surface area contributed by atoms with E-state index in [2.05, 4.69) is 30.3 Å². The Morgan fingerprint density at radius 1 is 1.23 bits per heavy atom. The summed E-state index contributed by atoms with van der Waals surface area (Å²) >= 11 is 0. The smallest absolute Gasteiger partial charge is 0.317 e. The third-order valence-electron chi connectivity index (χ3n) is 4.63. The van der Waals surface area contributed by atoms with Crippen molar-refractivity contribution in [2.24, 2.45) is 7.05 Å². The molecule has 1 saturated heterocycles. The van der Waals surface area contributed by atoms with Crippen molar-refractivity contribution in [2.75, 3.05) is 31.1 Å². The fourth-order valence-corrected chi connectivity index (χ4v) is 3.09. The Hall–Kier alpha value is -3.17. The van der Waals surface area contributed by atoms with Crippen LogP contribution in [0.2, 0.25) is 0 Å². The Labute approximate surface area is 149 Å². The average Bonchev–Trinajstić information content (AvgIpc) is 3.25. The number of urea groups is 1. The molecule has 1 fully saturated rings. The molecule has 10 nitrogen and oxygen atoms in total. The number of fused-ring (bicyclic) bond motifs is 1. The first-order chi connectivity index (χ1) is 12.6. The molecule has 1 aliphatic rings. The molecule has 3 aromatic heterocycles. The van der Waals surface area contributed by atoms with Crippen LogP contribution in [0.4, 0.5) is 10.6 Å². The fourth-order valence-electron chi connectivity index (χ4n) is 3.09. The summed E-state index contributed by atoms with van der Waals surface area (Å²) in [5.41, 5.74) is 1.55. The van der Waals surface area contributed by atoms with Crippen LogP contribution in [0, 0.1) is 6.92 Å². The van der Waals surface area contributed by atoms with E-state index in [1.54, 1.807) is 22.1 Å². The number of aromatic nitrogens is 5. The van der Waals surface area contributed by atoms with Crippen LogP contribution in [0.15, 0.2) is 23.3 Å². The molecule has 4 heterocycles. The maximum atomic E-state index is 12.4. The molecule has 0 aliphatic carbocycles. The zero-order chi connectivity index (χ0) is 18.1. The van der Waals surface area contributed by atoms with Crippen LogP contribution in [-0.2, 0) is 13.6 Å². The number of anilines is 1. The van der Waals surface area contributed by atoms with Crippen molar-refractivity contribution >= 4 is 22.9 Å². The van der Waals surface area contributed by atoms with Gasteiger partial charge in [0.15, 0.2) is 12.0 Å². The van der Waals surface area contributed by atoms with Crippen LogP contribution in [-0.4, -0.2) is 61.8 Å². The van der Waals surface area contributed by atoms with Crippen molar-refractivity contribution in [1.29, 1.82) is 0 Å². The molecule has 0 aromatic carbocycles. The van der Waals surface area contributed by atoms with Gasteiger partial charge in [-0.15, -0.1) is 0 Å². The lowest BCUT2D eigenvalue weighted by Crippen LogP contribution is -2.52. The number of amides is 2. The van der Waals surface area contributed by atoms with Crippen molar-refractivity contribution in [3.8, 4) is 0 Å². The molecule has 4 rings (SSSR count). The second-order valence-electron chi connectivity index (χ2n) is 6.19. The summed E-state index contributed by atoms with van der Waals surface area (Å²) in [6.07, 6.45) is 4.72. The molecular weight excluding hydrogens is 336 g/mol. The predicted octanol–water partition coefficient (Wildman–Crippen LogP) is 0.692. The van der Waals surface area contributed by atoms with E-state index in [1.807, 2.05) is 14.0 Å². The number of piperazine rings is 1. The Bertz CT molecular complexity index is 925. The quantitative estimate of drug-likeness (QED) is 0.736. The highest BCUT2D eigenvalue weighted by Gasteiger charge is 2.24. The lowest BCUT2D eigenvalue weighted by atomic mass is 10.3. The van der Waals surface area contributed by atoms with Gasteiger partial charge >= 0.3 is 6.03 Å². The largest absolute Gasteiger partial charge is 0.448 e. The predicted molar refractivity (Wildman–Crippen MR) is 93.6 cm³/mol. The molecule has 0 spiro atoms. The summed E-state index contributed by atoms with van der Waals surface area (Å²) in [4.78, 5) is 29.1. The molecule has 0 atom stereocenters. The molecule has 136 valence electrons. The zero-order valence-corrected chi connectivity index (χ0v) is 14.7. The first-order valence-corrected chi connectivity index (χ1v) is 8.43. The monoisotopic (exact) mass is 356 g/mol. The van der Waals surface area contributed by atoms with Gasteiger partial charge in [0.2, 0.25) is 0 Å². The van der Waals surface area contributed by atoms with Crippen molar-refractivity contribution in [3.05, 3.63) is 30.4 Å². The van der Waals surface area contributed by atoms with E-state index in [0.717, 1.165) is 28.3 Å². The number of carbonyl (C=O) groups excluding carboxylic acids is 1. The summed E-state index contributed by atoms with van der Waals surface area (Å²) in [6, 6.07) is -0.0961. The van der Waals surface area contributed by atoms with Gasteiger partial charge in [-0.25, -0.2) is 19.7 Å². The minimum atomic E-state index is -0.0961. The highest BCUT2D eigenvalue weighted by atomic mass is 16.3. The van der Waals surface area contributed by atoms with E-state index >= 15 is 0 Å². The molecule has 1 N–H and O–H groups in total. The molecule has 3 aromatic rings. The number of aryl methyl sites for hydroxylation is 2. The van der Waals surface area contributed by atoms with E-state index in [1.165, 1.54) is 6.39 Å². The Morgan fingerprint density at radius 2 is 2.04 bits per heavy atom. The first kappa shape index (κ1) is 16.3. The van der Waals surface area contributed by atoms with Crippen LogP contribution in [0.5, 0.6) is 0 Å². The van der Waals surface area contributed by atoms with Gasteiger partial charge in [-0.05, 0) is 6.92 Å². The van der Waals surface area contributed by atoms with Crippen LogP contribution >= 0.6 is 0 Å². The van der Waals surface area contributed by atoms with Crippen LogP contribution < -0.4 is 10.2 Å². The third kappa shape index (κ3) is 2.93. The van der Waals surface area contributed by atoms with E-state index in [-0.39, 0.29) is 6.03 Å². The van der Waals surface area contributed by atoms with E-state index < -0.39 is 0 Å². The van der Waals surface area contributed by atoms with Gasteiger partial charge in [-0.1, -0.05) is 0 Å². The van der Waals surface area contributed by atoms with E-state index in [0.29, 0.717) is 32.7 Å². The summed E-state index contributed by atoms with van der Waals surface area (Å²) in [6.45, 7) is 4.84. The van der Waals surface area contributed by atoms with Gasteiger partial charge in [-0.2, -0.15) is 5.10 Å². The van der Waals surface area contributed by atoms with Crippen molar-refractivity contribution in [2.45, 2.75) is 13.5 Å². The zero-order valence-electron chi connectivity index (χ0n) is 14.7. The normalized spacial score (nSPS) is 14.8. The summed E-state index contributed by atoms with van der Waals surface area (Å²) in [7, 11) is 1.86. The molecule has 0 saturated carbocycles. The average molecular weight is 356 g/mol. The second kappa shape index (κ2) is 6.62. The Balaban J connectivity index is 1.37. The number of carbonyl (C=O) groups is 1. The second-order valence-corrected chi connectivity index (χ2v) is 6.19. The number of nitrogens with one attached hydrogen (secondary N) is 1. The van der Waals surface area contributed by atoms with Gasteiger partial charge in [0.25, 0.3) is 0 Å². The SMILES string of the molecule is Cc1ocnc1CNC(=O)N1CCN(c2ncnc3c2cnn3C)CC1. The minimum Gasteiger partial charge on any atom is -0.448 e. The highest BCUT2D eigenvalue weighted by Crippen LogP contribution is 2.23. The molecule has 2 amide bonds. The van der Waals surface area contributed by atoms with Crippen LogP contribution in [0.3, 0.4) is 0 Å². The van der Waals surface area contributed by atoms with E-state index in [9.17, 15) is 4.79 Å². The van der Waals surface area contributed by atoms with Crippen LogP contribution in [0.1, 0.15) is 11.5 Å². The number of oxazole rings is 1. The van der Waals surface area contributed by atoms with Gasteiger partial charge < -0.3 is 19.5 Å².